The molecule has 0 atom stereocenters. The quantitative estimate of drug-likeness (QED) is 0.550. The maximum absolute atomic E-state index is 10.8. The fraction of sp³-hybridized carbons (Fsp3) is 0.154. The molecule has 3 rings (SSSR count). The summed E-state index contributed by atoms with van der Waals surface area (Å²) in [6.45, 7) is 0.560. The summed E-state index contributed by atoms with van der Waals surface area (Å²) in [7, 11) is 1.85. The van der Waals surface area contributed by atoms with Gasteiger partial charge in [0.25, 0.3) is 5.69 Å². The van der Waals surface area contributed by atoms with Crippen molar-refractivity contribution in [2.24, 2.45) is 7.05 Å². The number of nitro benzene ring substituents is 1. The normalized spacial score (nSPS) is 11.1. The Morgan fingerprint density at radius 2 is 2.20 bits per heavy atom. The second kappa shape index (κ2) is 4.64. The molecule has 102 valence electrons. The highest BCUT2D eigenvalue weighted by molar-refractivity contribution is 6.29. The number of non-ortho nitro benzene ring substituents is 1. The molecule has 2 heterocycles. The van der Waals surface area contributed by atoms with E-state index in [0.717, 1.165) is 16.7 Å². The van der Waals surface area contributed by atoms with Crippen molar-refractivity contribution < 1.29 is 4.92 Å². The highest BCUT2D eigenvalue weighted by atomic mass is 35.5. The maximum atomic E-state index is 10.8. The average Bonchev–Trinajstić information content (AvgIpc) is 2.97. The zero-order valence-corrected chi connectivity index (χ0v) is 11.4. The van der Waals surface area contributed by atoms with Crippen LogP contribution < -0.4 is 0 Å². The summed E-state index contributed by atoms with van der Waals surface area (Å²) < 4.78 is 3.79. The molecule has 0 aliphatic rings. The van der Waals surface area contributed by atoms with E-state index in [9.17, 15) is 10.1 Å². The molecule has 0 saturated carbocycles. The van der Waals surface area contributed by atoms with Gasteiger partial charge in [-0.15, -0.1) is 0 Å². The van der Waals surface area contributed by atoms with Gasteiger partial charge in [0.15, 0.2) is 0 Å². The Balaban J connectivity index is 2.01. The molecule has 0 N–H and O–H groups in total. The smallest absolute Gasteiger partial charge is 0.270 e. The summed E-state index contributed by atoms with van der Waals surface area (Å²) in [4.78, 5) is 14.6. The third kappa shape index (κ3) is 2.04. The van der Waals surface area contributed by atoms with Gasteiger partial charge in [0.2, 0.25) is 0 Å². The lowest BCUT2D eigenvalue weighted by atomic mass is 10.2. The van der Waals surface area contributed by atoms with Crippen LogP contribution in [0.4, 0.5) is 5.69 Å². The van der Waals surface area contributed by atoms with Crippen LogP contribution in [-0.4, -0.2) is 19.0 Å². The first-order chi connectivity index (χ1) is 9.56. The third-order valence-corrected chi connectivity index (χ3v) is 3.66. The number of halogens is 1. The van der Waals surface area contributed by atoms with Crippen molar-refractivity contribution in [1.29, 1.82) is 0 Å². The molecule has 0 saturated heterocycles. The molecular weight excluding hydrogens is 280 g/mol. The van der Waals surface area contributed by atoms with Crippen molar-refractivity contribution in [1.82, 2.24) is 14.1 Å². The van der Waals surface area contributed by atoms with Crippen molar-refractivity contribution in [2.45, 2.75) is 6.54 Å². The van der Waals surface area contributed by atoms with Crippen LogP contribution in [0.3, 0.4) is 0 Å². The van der Waals surface area contributed by atoms with Crippen LogP contribution in [0.5, 0.6) is 0 Å². The molecule has 2 aromatic heterocycles. The molecule has 0 bridgehead atoms. The number of imidazole rings is 1. The van der Waals surface area contributed by atoms with Crippen LogP contribution in [0, 0.1) is 10.1 Å². The minimum atomic E-state index is -0.394. The predicted molar refractivity (Wildman–Crippen MR) is 75.9 cm³/mol. The summed E-state index contributed by atoms with van der Waals surface area (Å²) in [5, 5.41) is 12.2. The van der Waals surface area contributed by atoms with E-state index in [0.29, 0.717) is 11.7 Å². The molecule has 7 heteroatoms. The highest BCUT2D eigenvalue weighted by Gasteiger charge is 2.11. The van der Waals surface area contributed by atoms with E-state index >= 15 is 0 Å². The van der Waals surface area contributed by atoms with Gasteiger partial charge in [-0.05, 0) is 12.1 Å². The fourth-order valence-electron chi connectivity index (χ4n) is 2.16. The number of nitro groups is 1. The van der Waals surface area contributed by atoms with Gasteiger partial charge < -0.3 is 9.13 Å². The zero-order valence-electron chi connectivity index (χ0n) is 10.7. The first-order valence-corrected chi connectivity index (χ1v) is 6.33. The number of hydrogen-bond acceptors (Lipinski definition) is 3. The van der Waals surface area contributed by atoms with Gasteiger partial charge in [0.05, 0.1) is 17.7 Å². The lowest BCUT2D eigenvalue weighted by molar-refractivity contribution is -0.384. The molecule has 3 aromatic rings. The van der Waals surface area contributed by atoms with Crippen LogP contribution in [0.1, 0.15) is 5.82 Å². The fourth-order valence-corrected chi connectivity index (χ4v) is 2.31. The third-order valence-electron chi connectivity index (χ3n) is 3.30. The summed E-state index contributed by atoms with van der Waals surface area (Å²) in [6.07, 6.45) is 3.49. The largest absolute Gasteiger partial charge is 0.340 e. The molecule has 20 heavy (non-hydrogen) atoms. The van der Waals surface area contributed by atoms with Crippen LogP contribution in [-0.2, 0) is 13.6 Å². The molecule has 6 nitrogen and oxygen atoms in total. The lowest BCUT2D eigenvalue weighted by Gasteiger charge is -2.06. The monoisotopic (exact) mass is 290 g/mol. The minimum Gasteiger partial charge on any atom is -0.340 e. The average molecular weight is 291 g/mol. The van der Waals surface area contributed by atoms with E-state index in [-0.39, 0.29) is 5.69 Å². The first kappa shape index (κ1) is 12.7. The van der Waals surface area contributed by atoms with Crippen molar-refractivity contribution in [3.8, 4) is 0 Å². The Morgan fingerprint density at radius 1 is 1.40 bits per heavy atom. The second-order valence-corrected chi connectivity index (χ2v) is 4.89. The Labute approximate surface area is 119 Å². The number of nitrogens with zero attached hydrogens (tertiary/aromatic N) is 4. The number of fused-ring (bicyclic) bond motifs is 1. The predicted octanol–water partition coefficient (Wildman–Crippen LogP) is 2.98. The van der Waals surface area contributed by atoms with Crippen LogP contribution >= 0.6 is 11.6 Å². The second-order valence-electron chi connectivity index (χ2n) is 4.50. The number of hydrogen-bond donors (Lipinski definition) is 0. The topological polar surface area (TPSA) is 65.9 Å². The van der Waals surface area contributed by atoms with Crippen molar-refractivity contribution in [2.75, 3.05) is 0 Å². The molecule has 0 amide bonds. The first-order valence-electron chi connectivity index (χ1n) is 5.95. The van der Waals surface area contributed by atoms with E-state index in [2.05, 4.69) is 4.98 Å². The van der Waals surface area contributed by atoms with Crippen molar-refractivity contribution >= 4 is 28.2 Å². The number of benzene rings is 1. The van der Waals surface area contributed by atoms with Crippen molar-refractivity contribution in [3.63, 3.8) is 0 Å². The Bertz CT molecular complexity index is 806. The van der Waals surface area contributed by atoms with E-state index in [4.69, 9.17) is 11.6 Å². The van der Waals surface area contributed by atoms with Gasteiger partial charge in [-0.3, -0.25) is 10.1 Å². The molecule has 0 aliphatic heterocycles. The Kier molecular flexibility index (Phi) is 2.94. The number of aromatic nitrogens is 3. The SMILES string of the molecule is Cn1c(Cl)cnc1Cn1ccc2cc([N+](=O)[O-])ccc21. The highest BCUT2D eigenvalue weighted by Crippen LogP contribution is 2.22. The van der Waals surface area contributed by atoms with E-state index in [1.165, 1.54) is 6.07 Å². The van der Waals surface area contributed by atoms with E-state index in [1.807, 2.05) is 23.9 Å². The number of rotatable bonds is 3. The van der Waals surface area contributed by atoms with Gasteiger partial charge in [-0.2, -0.15) is 0 Å². The van der Waals surface area contributed by atoms with Crippen LogP contribution in [0.25, 0.3) is 10.9 Å². The van der Waals surface area contributed by atoms with Crippen LogP contribution in [0.15, 0.2) is 36.7 Å². The van der Waals surface area contributed by atoms with E-state index in [1.54, 1.807) is 22.9 Å². The molecular formula is C13H11ClN4O2. The van der Waals surface area contributed by atoms with Gasteiger partial charge in [0, 0.05) is 36.3 Å². The lowest BCUT2D eigenvalue weighted by Crippen LogP contribution is -2.05. The molecule has 0 unspecified atom stereocenters. The maximum Gasteiger partial charge on any atom is 0.270 e. The van der Waals surface area contributed by atoms with Crippen LogP contribution in [0.2, 0.25) is 5.15 Å². The summed E-state index contributed by atoms with van der Waals surface area (Å²) in [5.74, 6) is 0.825. The van der Waals surface area contributed by atoms with Gasteiger partial charge in [0.1, 0.15) is 11.0 Å². The van der Waals surface area contributed by atoms with E-state index < -0.39 is 4.92 Å². The summed E-state index contributed by atoms with van der Waals surface area (Å²) in [5.41, 5.74) is 1.02. The zero-order chi connectivity index (χ0) is 14.3. The van der Waals surface area contributed by atoms with Gasteiger partial charge >= 0.3 is 0 Å². The molecule has 0 radical (unpaired) electrons. The minimum absolute atomic E-state index is 0.0929. The Morgan fingerprint density at radius 3 is 2.85 bits per heavy atom. The van der Waals surface area contributed by atoms with Crippen molar-refractivity contribution in [3.05, 3.63) is 57.8 Å². The standard InChI is InChI=1S/C13H11ClN4O2/c1-16-12(14)7-15-13(16)8-17-5-4-9-6-10(18(19)20)2-3-11(9)17/h2-7H,8H2,1H3. The van der Waals surface area contributed by atoms with Gasteiger partial charge in [-0.25, -0.2) is 4.98 Å². The molecule has 0 fully saturated rings. The Hall–Kier alpha value is -2.34. The molecule has 1 aromatic carbocycles. The summed E-state index contributed by atoms with van der Waals surface area (Å²) in [6, 6.07) is 6.67. The molecule has 0 aliphatic carbocycles. The molecule has 0 spiro atoms. The van der Waals surface area contributed by atoms with Gasteiger partial charge in [-0.1, -0.05) is 11.6 Å². The summed E-state index contributed by atoms with van der Waals surface area (Å²) >= 11 is 5.96.